The molecule has 0 aliphatic carbocycles. The van der Waals surface area contributed by atoms with Crippen molar-refractivity contribution in [3.63, 3.8) is 0 Å². The summed E-state index contributed by atoms with van der Waals surface area (Å²) in [5.41, 5.74) is 7.22. The van der Waals surface area contributed by atoms with Crippen LogP contribution in [0.25, 0.3) is 0 Å². The number of benzene rings is 1. The van der Waals surface area contributed by atoms with Gasteiger partial charge in [0.25, 0.3) is 0 Å². The van der Waals surface area contributed by atoms with Crippen LogP contribution in [-0.2, 0) is 6.42 Å². The average molecular weight is 205 g/mol. The summed E-state index contributed by atoms with van der Waals surface area (Å²) in [4.78, 5) is 0. The molecule has 0 unspecified atom stereocenters. The van der Waals surface area contributed by atoms with E-state index in [1.807, 2.05) is 0 Å². The normalized spacial score (nSPS) is 12.7. The lowest BCUT2D eigenvalue weighted by Crippen LogP contribution is -2.15. The lowest BCUT2D eigenvalue weighted by molar-refractivity contribution is 0.444. The number of unbranched alkanes of at least 4 members (excludes halogenated alkanes) is 1. The van der Waals surface area contributed by atoms with Crippen LogP contribution in [0.4, 0.5) is 0 Å². The molecule has 0 aliphatic heterocycles. The van der Waals surface area contributed by atoms with E-state index in [-0.39, 0.29) is 0 Å². The van der Waals surface area contributed by atoms with E-state index in [1.54, 1.807) is 0 Å². The van der Waals surface area contributed by atoms with Crippen LogP contribution in [0.5, 0.6) is 0 Å². The molecule has 0 heterocycles. The molecule has 15 heavy (non-hydrogen) atoms. The zero-order chi connectivity index (χ0) is 10.9. The van der Waals surface area contributed by atoms with Crippen LogP contribution in [0.15, 0.2) is 30.3 Å². The van der Waals surface area contributed by atoms with Crippen LogP contribution in [0, 0.1) is 5.92 Å². The Balaban J connectivity index is 2.28. The fourth-order valence-corrected chi connectivity index (χ4v) is 1.89. The van der Waals surface area contributed by atoms with E-state index in [2.05, 4.69) is 37.3 Å². The van der Waals surface area contributed by atoms with Crippen LogP contribution < -0.4 is 5.73 Å². The first-order valence-corrected chi connectivity index (χ1v) is 6.10. The van der Waals surface area contributed by atoms with Gasteiger partial charge in [0.1, 0.15) is 0 Å². The maximum Gasteiger partial charge on any atom is -0.00488 e. The standard InChI is InChI=1S/C14H23N/c1-2-3-7-14(12-15)11-10-13-8-5-4-6-9-13/h4-6,8-9,14H,2-3,7,10-12,15H2,1H3/t14-/m1/s1. The minimum Gasteiger partial charge on any atom is -0.330 e. The van der Waals surface area contributed by atoms with E-state index in [1.165, 1.54) is 37.7 Å². The summed E-state index contributed by atoms with van der Waals surface area (Å²) in [5, 5.41) is 0. The minimum atomic E-state index is 0.713. The Labute approximate surface area is 93.7 Å². The number of rotatable bonds is 7. The Bertz CT molecular complexity index is 243. The number of hydrogen-bond donors (Lipinski definition) is 1. The molecule has 1 rings (SSSR count). The molecule has 0 saturated heterocycles. The van der Waals surface area contributed by atoms with Gasteiger partial charge in [0.2, 0.25) is 0 Å². The Kier molecular flexibility index (Phi) is 6.10. The third-order valence-corrected chi connectivity index (χ3v) is 2.98. The summed E-state index contributed by atoms with van der Waals surface area (Å²) in [6.07, 6.45) is 6.30. The van der Waals surface area contributed by atoms with Crippen molar-refractivity contribution in [1.29, 1.82) is 0 Å². The molecule has 1 aromatic rings. The summed E-state index contributed by atoms with van der Waals surface area (Å²) in [7, 11) is 0. The van der Waals surface area contributed by atoms with Gasteiger partial charge in [-0.05, 0) is 37.3 Å². The molecule has 1 heteroatoms. The van der Waals surface area contributed by atoms with E-state index < -0.39 is 0 Å². The lowest BCUT2D eigenvalue weighted by atomic mass is 9.95. The highest BCUT2D eigenvalue weighted by molar-refractivity contribution is 5.14. The molecule has 0 bridgehead atoms. The smallest absolute Gasteiger partial charge is 0.00488 e. The second-order valence-corrected chi connectivity index (χ2v) is 4.27. The number of hydrogen-bond acceptors (Lipinski definition) is 1. The van der Waals surface area contributed by atoms with Crippen molar-refractivity contribution in [2.75, 3.05) is 6.54 Å². The maximum atomic E-state index is 5.78. The Morgan fingerprint density at radius 3 is 2.47 bits per heavy atom. The predicted molar refractivity (Wildman–Crippen MR) is 66.8 cm³/mol. The molecular weight excluding hydrogens is 182 g/mol. The summed E-state index contributed by atoms with van der Waals surface area (Å²) in [6, 6.07) is 10.7. The lowest BCUT2D eigenvalue weighted by Gasteiger charge is -2.13. The fourth-order valence-electron chi connectivity index (χ4n) is 1.89. The summed E-state index contributed by atoms with van der Waals surface area (Å²) in [6.45, 7) is 3.08. The highest BCUT2D eigenvalue weighted by Crippen LogP contribution is 2.14. The minimum absolute atomic E-state index is 0.713. The van der Waals surface area contributed by atoms with Crippen molar-refractivity contribution >= 4 is 0 Å². The van der Waals surface area contributed by atoms with Crippen LogP contribution in [0.1, 0.15) is 38.2 Å². The first kappa shape index (κ1) is 12.3. The highest BCUT2D eigenvalue weighted by atomic mass is 14.5. The van der Waals surface area contributed by atoms with Crippen molar-refractivity contribution < 1.29 is 0 Å². The van der Waals surface area contributed by atoms with Gasteiger partial charge in [0.05, 0.1) is 0 Å². The van der Waals surface area contributed by atoms with Gasteiger partial charge in [0, 0.05) is 0 Å². The number of nitrogens with two attached hydrogens (primary N) is 1. The molecule has 1 nitrogen and oxygen atoms in total. The molecule has 1 atom stereocenters. The van der Waals surface area contributed by atoms with Crippen LogP contribution in [0.2, 0.25) is 0 Å². The van der Waals surface area contributed by atoms with Crippen molar-refractivity contribution in [2.24, 2.45) is 11.7 Å². The molecule has 0 aliphatic rings. The molecule has 0 saturated carbocycles. The Hall–Kier alpha value is -0.820. The molecule has 0 radical (unpaired) electrons. The van der Waals surface area contributed by atoms with Crippen molar-refractivity contribution in [1.82, 2.24) is 0 Å². The largest absolute Gasteiger partial charge is 0.330 e. The molecule has 84 valence electrons. The van der Waals surface area contributed by atoms with Gasteiger partial charge in [-0.15, -0.1) is 0 Å². The maximum absolute atomic E-state index is 5.78. The highest BCUT2D eigenvalue weighted by Gasteiger charge is 2.05. The molecule has 2 N–H and O–H groups in total. The zero-order valence-corrected chi connectivity index (χ0v) is 9.78. The molecule has 1 aromatic carbocycles. The Morgan fingerprint density at radius 2 is 1.87 bits per heavy atom. The van der Waals surface area contributed by atoms with Gasteiger partial charge in [-0.1, -0.05) is 50.1 Å². The molecule has 0 fully saturated rings. The first-order chi connectivity index (χ1) is 7.36. The Morgan fingerprint density at radius 1 is 1.13 bits per heavy atom. The van der Waals surface area contributed by atoms with Crippen molar-refractivity contribution in [2.45, 2.75) is 39.0 Å². The molecule has 0 amide bonds. The van der Waals surface area contributed by atoms with E-state index in [0.29, 0.717) is 5.92 Å². The second-order valence-electron chi connectivity index (χ2n) is 4.27. The summed E-state index contributed by atoms with van der Waals surface area (Å²) < 4.78 is 0. The van der Waals surface area contributed by atoms with Crippen molar-refractivity contribution in [3.05, 3.63) is 35.9 Å². The SMILES string of the molecule is CCCC[C@@H](CN)CCc1ccccc1. The van der Waals surface area contributed by atoms with Gasteiger partial charge in [-0.3, -0.25) is 0 Å². The van der Waals surface area contributed by atoms with Gasteiger partial charge in [-0.25, -0.2) is 0 Å². The zero-order valence-electron chi connectivity index (χ0n) is 9.78. The van der Waals surface area contributed by atoms with E-state index in [9.17, 15) is 0 Å². The summed E-state index contributed by atoms with van der Waals surface area (Å²) >= 11 is 0. The summed E-state index contributed by atoms with van der Waals surface area (Å²) in [5.74, 6) is 0.713. The average Bonchev–Trinajstić information content (AvgIpc) is 2.31. The molecule has 0 aromatic heterocycles. The van der Waals surface area contributed by atoms with E-state index >= 15 is 0 Å². The van der Waals surface area contributed by atoms with Crippen LogP contribution in [0.3, 0.4) is 0 Å². The van der Waals surface area contributed by atoms with Crippen LogP contribution >= 0.6 is 0 Å². The van der Waals surface area contributed by atoms with Gasteiger partial charge >= 0.3 is 0 Å². The van der Waals surface area contributed by atoms with Gasteiger partial charge < -0.3 is 5.73 Å². The van der Waals surface area contributed by atoms with Gasteiger partial charge in [0.15, 0.2) is 0 Å². The molecular formula is C14H23N. The first-order valence-electron chi connectivity index (χ1n) is 6.10. The monoisotopic (exact) mass is 205 g/mol. The molecule has 0 spiro atoms. The van der Waals surface area contributed by atoms with E-state index in [4.69, 9.17) is 5.73 Å². The van der Waals surface area contributed by atoms with Crippen molar-refractivity contribution in [3.8, 4) is 0 Å². The topological polar surface area (TPSA) is 26.0 Å². The third kappa shape index (κ3) is 4.98. The van der Waals surface area contributed by atoms with Gasteiger partial charge in [-0.2, -0.15) is 0 Å². The van der Waals surface area contributed by atoms with E-state index in [0.717, 1.165) is 6.54 Å². The fraction of sp³-hybridized carbons (Fsp3) is 0.571. The van der Waals surface area contributed by atoms with Crippen LogP contribution in [-0.4, -0.2) is 6.54 Å². The second kappa shape index (κ2) is 7.47. The predicted octanol–water partition coefficient (Wildman–Crippen LogP) is 3.38. The number of aryl methyl sites for hydroxylation is 1. The quantitative estimate of drug-likeness (QED) is 0.725. The third-order valence-electron chi connectivity index (χ3n) is 2.98.